The van der Waals surface area contributed by atoms with E-state index in [0.29, 0.717) is 6.42 Å². The lowest BCUT2D eigenvalue weighted by Crippen LogP contribution is -1.88. The zero-order valence-electron chi connectivity index (χ0n) is 7.22. The number of hydrogen-bond donors (Lipinski definition) is 0. The van der Waals surface area contributed by atoms with Crippen molar-refractivity contribution in [3.63, 3.8) is 0 Å². The molecule has 0 aliphatic rings. The van der Waals surface area contributed by atoms with Crippen LogP contribution in [0.5, 0.6) is 0 Å². The minimum absolute atomic E-state index is 0.363. The molecule has 1 aromatic heterocycles. The fourth-order valence-corrected chi connectivity index (χ4v) is 0.641. The maximum absolute atomic E-state index is 11.7. The van der Waals surface area contributed by atoms with Crippen molar-refractivity contribution in [1.82, 2.24) is 5.16 Å². The summed E-state index contributed by atoms with van der Waals surface area (Å²) in [5.41, 5.74) is 1.64. The zero-order valence-corrected chi connectivity index (χ0v) is 7.22. The topological polar surface area (TPSA) is 26.0 Å². The highest BCUT2D eigenvalue weighted by atomic mass is 19.1. The van der Waals surface area contributed by atoms with Gasteiger partial charge in [0.1, 0.15) is 6.26 Å². The van der Waals surface area contributed by atoms with Crippen LogP contribution in [0.15, 0.2) is 10.8 Å². The third-order valence-electron chi connectivity index (χ3n) is 1.18. The molecule has 0 aliphatic carbocycles. The van der Waals surface area contributed by atoms with Crippen molar-refractivity contribution in [1.29, 1.82) is 0 Å². The molecule has 11 heavy (non-hydrogen) atoms. The van der Waals surface area contributed by atoms with Crippen LogP contribution in [0.2, 0.25) is 0 Å². The van der Waals surface area contributed by atoms with Crippen LogP contribution in [0.4, 0.5) is 4.39 Å². The summed E-state index contributed by atoms with van der Waals surface area (Å²) in [5, 5.41) is 3.59. The first-order valence-electron chi connectivity index (χ1n) is 3.80. The Morgan fingerprint density at radius 3 is 2.55 bits per heavy atom. The van der Waals surface area contributed by atoms with Gasteiger partial charge in [0.15, 0.2) is 0 Å². The third kappa shape index (κ3) is 3.16. The first-order chi connectivity index (χ1) is 5.34. The summed E-state index contributed by atoms with van der Waals surface area (Å²) in [6.07, 6.45) is 1.88. The van der Waals surface area contributed by atoms with Gasteiger partial charge in [-0.2, -0.15) is 0 Å². The van der Waals surface area contributed by atoms with E-state index in [-0.39, 0.29) is 6.67 Å². The van der Waals surface area contributed by atoms with Crippen molar-refractivity contribution < 1.29 is 8.91 Å². The van der Waals surface area contributed by atoms with Crippen molar-refractivity contribution in [3.05, 3.63) is 17.5 Å². The van der Waals surface area contributed by atoms with E-state index in [1.165, 1.54) is 6.26 Å². The van der Waals surface area contributed by atoms with E-state index in [1.807, 2.05) is 20.8 Å². The number of hydrogen-bond acceptors (Lipinski definition) is 2. The van der Waals surface area contributed by atoms with E-state index in [0.717, 1.165) is 11.3 Å². The van der Waals surface area contributed by atoms with Gasteiger partial charge in [-0.15, -0.1) is 0 Å². The number of nitrogens with zero attached hydrogens (tertiary/aromatic N) is 1. The number of alkyl halides is 1. The lowest BCUT2D eigenvalue weighted by Gasteiger charge is -1.86. The number of rotatable bonds is 2. The molecule has 0 N–H and O–H groups in total. The van der Waals surface area contributed by atoms with Gasteiger partial charge in [0.2, 0.25) is 0 Å². The Hall–Kier alpha value is -0.860. The SMILES string of the molecule is CC.Cc1conc1CCF. The molecule has 0 unspecified atom stereocenters. The number of aromatic nitrogens is 1. The maximum atomic E-state index is 11.7. The van der Waals surface area contributed by atoms with E-state index in [1.54, 1.807) is 0 Å². The summed E-state index contributed by atoms with van der Waals surface area (Å²) in [5.74, 6) is 0. The first-order valence-corrected chi connectivity index (χ1v) is 3.80. The Bertz CT molecular complexity index is 186. The van der Waals surface area contributed by atoms with Crippen molar-refractivity contribution in [2.45, 2.75) is 27.2 Å². The van der Waals surface area contributed by atoms with Gasteiger partial charge < -0.3 is 4.52 Å². The molecule has 2 nitrogen and oxygen atoms in total. The smallest absolute Gasteiger partial charge is 0.126 e. The molecule has 0 spiro atoms. The highest BCUT2D eigenvalue weighted by Gasteiger charge is 2.00. The second-order valence-electron chi connectivity index (χ2n) is 1.88. The summed E-state index contributed by atoms with van der Waals surface area (Å²) in [4.78, 5) is 0. The van der Waals surface area contributed by atoms with Gasteiger partial charge in [0, 0.05) is 12.0 Å². The predicted molar refractivity (Wildman–Crippen MR) is 42.3 cm³/mol. The number of halogens is 1. The van der Waals surface area contributed by atoms with Crippen molar-refractivity contribution in [3.8, 4) is 0 Å². The monoisotopic (exact) mass is 159 g/mol. The van der Waals surface area contributed by atoms with Crippen LogP contribution in [-0.2, 0) is 6.42 Å². The summed E-state index contributed by atoms with van der Waals surface area (Å²) < 4.78 is 16.2. The molecule has 1 aromatic rings. The van der Waals surface area contributed by atoms with Crippen molar-refractivity contribution in [2.24, 2.45) is 0 Å². The molecule has 1 heterocycles. The molecule has 0 atom stereocenters. The molecule has 1 rings (SSSR count). The molecule has 0 radical (unpaired) electrons. The van der Waals surface area contributed by atoms with Gasteiger partial charge >= 0.3 is 0 Å². The molecule has 0 saturated carbocycles. The lowest BCUT2D eigenvalue weighted by atomic mass is 10.2. The van der Waals surface area contributed by atoms with E-state index >= 15 is 0 Å². The van der Waals surface area contributed by atoms with Crippen LogP contribution in [0.1, 0.15) is 25.1 Å². The second kappa shape index (κ2) is 5.89. The van der Waals surface area contributed by atoms with Gasteiger partial charge in [0.05, 0.1) is 12.4 Å². The minimum Gasteiger partial charge on any atom is -0.364 e. The van der Waals surface area contributed by atoms with Gasteiger partial charge in [-0.25, -0.2) is 0 Å². The first kappa shape index (κ1) is 10.1. The van der Waals surface area contributed by atoms with E-state index < -0.39 is 0 Å². The fraction of sp³-hybridized carbons (Fsp3) is 0.625. The largest absolute Gasteiger partial charge is 0.364 e. The third-order valence-corrected chi connectivity index (χ3v) is 1.18. The Balaban J connectivity index is 0.000000461. The molecule has 0 aliphatic heterocycles. The molecule has 0 fully saturated rings. The molecule has 64 valence electrons. The lowest BCUT2D eigenvalue weighted by molar-refractivity contribution is 0.403. The van der Waals surface area contributed by atoms with Gasteiger partial charge in [-0.3, -0.25) is 4.39 Å². The highest BCUT2D eigenvalue weighted by molar-refractivity contribution is 5.11. The minimum atomic E-state index is -0.368. The molecule has 0 aromatic carbocycles. The Labute approximate surface area is 66.4 Å². The average molecular weight is 159 g/mol. The second-order valence-corrected chi connectivity index (χ2v) is 1.88. The summed E-state index contributed by atoms with van der Waals surface area (Å²) in [6.45, 7) is 5.48. The molecule has 3 heteroatoms. The van der Waals surface area contributed by atoms with E-state index in [9.17, 15) is 4.39 Å². The maximum Gasteiger partial charge on any atom is 0.126 e. The molecular formula is C8H14FNO. The Morgan fingerprint density at radius 1 is 1.55 bits per heavy atom. The highest BCUT2D eigenvalue weighted by Crippen LogP contribution is 2.04. The van der Waals surface area contributed by atoms with Crippen LogP contribution in [0.3, 0.4) is 0 Å². The van der Waals surface area contributed by atoms with Crippen LogP contribution >= 0.6 is 0 Å². The fourth-order valence-electron chi connectivity index (χ4n) is 0.641. The van der Waals surface area contributed by atoms with Gasteiger partial charge in [-0.1, -0.05) is 19.0 Å². The molecular weight excluding hydrogens is 145 g/mol. The standard InChI is InChI=1S/C6H8FNO.C2H6/c1-5-4-9-8-6(5)2-3-7;1-2/h4H,2-3H2,1H3;1-2H3. The average Bonchev–Trinajstić information content (AvgIpc) is 2.42. The van der Waals surface area contributed by atoms with Gasteiger partial charge in [-0.05, 0) is 6.92 Å². The van der Waals surface area contributed by atoms with Crippen LogP contribution in [-0.4, -0.2) is 11.8 Å². The van der Waals surface area contributed by atoms with Gasteiger partial charge in [0.25, 0.3) is 0 Å². The molecule has 0 amide bonds. The summed E-state index contributed by atoms with van der Waals surface area (Å²) in [6, 6.07) is 0. The predicted octanol–water partition coefficient (Wildman–Crippen LogP) is 2.52. The molecule has 0 saturated heterocycles. The molecule has 0 bridgehead atoms. The van der Waals surface area contributed by atoms with Crippen LogP contribution < -0.4 is 0 Å². The zero-order chi connectivity index (χ0) is 8.69. The summed E-state index contributed by atoms with van der Waals surface area (Å²) >= 11 is 0. The normalized spacial score (nSPS) is 8.73. The van der Waals surface area contributed by atoms with Crippen LogP contribution in [0, 0.1) is 6.92 Å². The van der Waals surface area contributed by atoms with E-state index in [2.05, 4.69) is 9.68 Å². The van der Waals surface area contributed by atoms with Crippen molar-refractivity contribution in [2.75, 3.05) is 6.67 Å². The number of aryl methyl sites for hydroxylation is 2. The van der Waals surface area contributed by atoms with E-state index in [4.69, 9.17) is 0 Å². The Morgan fingerprint density at radius 2 is 2.18 bits per heavy atom. The van der Waals surface area contributed by atoms with Crippen molar-refractivity contribution >= 4 is 0 Å². The van der Waals surface area contributed by atoms with Crippen LogP contribution in [0.25, 0.3) is 0 Å². The Kier molecular flexibility index (Phi) is 5.43. The summed E-state index contributed by atoms with van der Waals surface area (Å²) in [7, 11) is 0. The quantitative estimate of drug-likeness (QED) is 0.662.